The Morgan fingerprint density at radius 1 is 1.50 bits per heavy atom. The van der Waals surface area contributed by atoms with Crippen molar-refractivity contribution in [3.05, 3.63) is 29.8 Å². The Kier molecular flexibility index (Phi) is 4.24. The molecule has 0 spiro atoms. The van der Waals surface area contributed by atoms with Crippen molar-refractivity contribution in [1.29, 1.82) is 0 Å². The Morgan fingerprint density at radius 3 is 2.80 bits per heavy atom. The minimum atomic E-state index is -1.04. The minimum absolute atomic E-state index is 0.0218. The predicted octanol–water partition coefficient (Wildman–Crippen LogP) is 0.195. The summed E-state index contributed by atoms with van der Waals surface area (Å²) in [5.41, 5.74) is 6.23. The number of carbonyl (C=O) groups excluding carboxylic acids is 1. The van der Waals surface area contributed by atoms with E-state index in [2.05, 4.69) is 0 Å². The third-order valence-electron chi connectivity index (χ3n) is 3.57. The van der Waals surface area contributed by atoms with Gasteiger partial charge in [0.15, 0.2) is 0 Å². The number of aliphatic carboxylic acids is 1. The number of rotatable bonds is 5. The van der Waals surface area contributed by atoms with Gasteiger partial charge in [-0.15, -0.1) is 0 Å². The van der Waals surface area contributed by atoms with Gasteiger partial charge in [-0.3, -0.25) is 4.79 Å². The number of carbonyl (C=O) groups is 2. The fourth-order valence-electron chi connectivity index (χ4n) is 2.51. The van der Waals surface area contributed by atoms with Crippen LogP contribution in [0.2, 0.25) is 0 Å². The van der Waals surface area contributed by atoms with E-state index in [-0.39, 0.29) is 24.0 Å². The molecule has 6 nitrogen and oxygen atoms in total. The minimum Gasteiger partial charge on any atom is -0.508 e. The zero-order valence-corrected chi connectivity index (χ0v) is 11.0. The highest BCUT2D eigenvalue weighted by molar-refractivity contribution is 5.85. The smallest absolute Gasteiger partial charge is 0.326 e. The number of hydrogen-bond acceptors (Lipinski definition) is 4. The highest BCUT2D eigenvalue weighted by Gasteiger charge is 2.37. The van der Waals surface area contributed by atoms with Gasteiger partial charge in [0.1, 0.15) is 11.8 Å². The van der Waals surface area contributed by atoms with Crippen LogP contribution in [0.4, 0.5) is 0 Å². The van der Waals surface area contributed by atoms with Gasteiger partial charge in [0.05, 0.1) is 0 Å². The van der Waals surface area contributed by atoms with Gasteiger partial charge in [0.25, 0.3) is 0 Å². The summed E-state index contributed by atoms with van der Waals surface area (Å²) in [4.78, 5) is 24.7. The molecule has 2 atom stereocenters. The molecule has 0 saturated carbocycles. The number of aromatic hydroxyl groups is 1. The molecule has 2 rings (SSSR count). The van der Waals surface area contributed by atoms with Crippen LogP contribution in [-0.2, 0) is 16.0 Å². The van der Waals surface area contributed by atoms with Crippen molar-refractivity contribution in [2.45, 2.75) is 18.9 Å². The first-order chi connectivity index (χ1) is 9.51. The molecule has 20 heavy (non-hydrogen) atoms. The first kappa shape index (κ1) is 14.3. The predicted molar refractivity (Wildman–Crippen MR) is 72.1 cm³/mol. The van der Waals surface area contributed by atoms with Gasteiger partial charge in [-0.2, -0.15) is 0 Å². The summed E-state index contributed by atoms with van der Waals surface area (Å²) >= 11 is 0. The summed E-state index contributed by atoms with van der Waals surface area (Å²) in [5.74, 6) is -1.11. The molecular formula is C14H18N2O4. The summed E-state index contributed by atoms with van der Waals surface area (Å²) in [6.07, 6.45) is 0.479. The molecule has 0 bridgehead atoms. The van der Waals surface area contributed by atoms with Crippen molar-refractivity contribution >= 4 is 11.9 Å². The van der Waals surface area contributed by atoms with E-state index in [0.29, 0.717) is 25.1 Å². The van der Waals surface area contributed by atoms with Crippen LogP contribution in [0.5, 0.6) is 5.75 Å². The summed E-state index contributed by atoms with van der Waals surface area (Å²) < 4.78 is 0. The van der Waals surface area contributed by atoms with Crippen LogP contribution < -0.4 is 5.73 Å². The monoisotopic (exact) mass is 278 g/mol. The van der Waals surface area contributed by atoms with Crippen molar-refractivity contribution in [1.82, 2.24) is 4.90 Å². The lowest BCUT2D eigenvalue weighted by Crippen LogP contribution is -2.44. The van der Waals surface area contributed by atoms with Gasteiger partial charge in [-0.05, 0) is 30.2 Å². The fourth-order valence-corrected chi connectivity index (χ4v) is 2.51. The maximum Gasteiger partial charge on any atom is 0.326 e. The number of nitrogens with zero attached hydrogens (tertiary/aromatic N) is 1. The van der Waals surface area contributed by atoms with E-state index < -0.39 is 12.0 Å². The van der Waals surface area contributed by atoms with Crippen molar-refractivity contribution in [2.24, 2.45) is 11.7 Å². The molecule has 1 fully saturated rings. The molecule has 0 aliphatic carbocycles. The van der Waals surface area contributed by atoms with Crippen molar-refractivity contribution < 1.29 is 19.8 Å². The number of phenols is 1. The largest absolute Gasteiger partial charge is 0.508 e. The first-order valence-electron chi connectivity index (χ1n) is 6.51. The van der Waals surface area contributed by atoms with E-state index in [1.165, 1.54) is 17.0 Å². The van der Waals surface area contributed by atoms with Crippen molar-refractivity contribution in [3.8, 4) is 5.75 Å². The molecular weight excluding hydrogens is 260 g/mol. The summed E-state index contributed by atoms with van der Waals surface area (Å²) in [6, 6.07) is 5.50. The van der Waals surface area contributed by atoms with E-state index in [0.717, 1.165) is 0 Å². The summed E-state index contributed by atoms with van der Waals surface area (Å²) in [7, 11) is 0. The topological polar surface area (TPSA) is 104 Å². The summed E-state index contributed by atoms with van der Waals surface area (Å²) in [6.45, 7) is 0.756. The standard InChI is InChI=1S/C14H18N2O4/c15-7-10-6-13(18)16(8-10)12(14(19)20)5-9-2-1-3-11(17)4-9/h1-4,10,12,17H,5-8,15H2,(H,19,20). The molecule has 108 valence electrons. The number of nitrogens with two attached hydrogens (primary N) is 1. The summed E-state index contributed by atoms with van der Waals surface area (Å²) in [5, 5.41) is 18.8. The van der Waals surface area contributed by atoms with Gasteiger partial charge < -0.3 is 20.8 Å². The normalized spacial score (nSPS) is 20.1. The van der Waals surface area contributed by atoms with Crippen molar-refractivity contribution in [2.75, 3.05) is 13.1 Å². The number of hydrogen-bond donors (Lipinski definition) is 3. The quantitative estimate of drug-likeness (QED) is 0.713. The van der Waals surface area contributed by atoms with Crippen LogP contribution in [0.25, 0.3) is 0 Å². The average molecular weight is 278 g/mol. The highest BCUT2D eigenvalue weighted by atomic mass is 16.4. The van der Waals surface area contributed by atoms with Gasteiger partial charge in [0, 0.05) is 19.4 Å². The molecule has 2 unspecified atom stereocenters. The Labute approximate surface area is 116 Å². The van der Waals surface area contributed by atoms with Gasteiger partial charge in [-0.25, -0.2) is 4.79 Å². The number of likely N-dealkylation sites (tertiary alicyclic amines) is 1. The maximum atomic E-state index is 11.9. The van der Waals surface area contributed by atoms with Crippen LogP contribution in [-0.4, -0.2) is 46.1 Å². The van der Waals surface area contributed by atoms with E-state index >= 15 is 0 Å². The molecule has 1 aromatic rings. The fraction of sp³-hybridized carbons (Fsp3) is 0.429. The second kappa shape index (κ2) is 5.92. The van der Waals surface area contributed by atoms with Gasteiger partial charge >= 0.3 is 5.97 Å². The lowest BCUT2D eigenvalue weighted by atomic mass is 10.0. The third-order valence-corrected chi connectivity index (χ3v) is 3.57. The van der Waals surface area contributed by atoms with Gasteiger partial charge in [-0.1, -0.05) is 12.1 Å². The van der Waals surface area contributed by atoms with Crippen LogP contribution in [0.1, 0.15) is 12.0 Å². The molecule has 1 aromatic carbocycles. The number of phenolic OH excluding ortho intramolecular Hbond substituents is 1. The Morgan fingerprint density at radius 2 is 2.25 bits per heavy atom. The maximum absolute atomic E-state index is 11.9. The average Bonchev–Trinajstić information content (AvgIpc) is 2.77. The van der Waals surface area contributed by atoms with E-state index in [1.807, 2.05) is 0 Å². The van der Waals surface area contributed by atoms with Crippen LogP contribution >= 0.6 is 0 Å². The highest BCUT2D eigenvalue weighted by Crippen LogP contribution is 2.22. The molecule has 6 heteroatoms. The third kappa shape index (κ3) is 3.08. The van der Waals surface area contributed by atoms with E-state index in [1.54, 1.807) is 12.1 Å². The van der Waals surface area contributed by atoms with Crippen molar-refractivity contribution in [3.63, 3.8) is 0 Å². The van der Waals surface area contributed by atoms with Gasteiger partial charge in [0.2, 0.25) is 5.91 Å². The number of benzene rings is 1. The van der Waals surface area contributed by atoms with Crippen LogP contribution in [0.3, 0.4) is 0 Å². The molecule has 4 N–H and O–H groups in total. The second-order valence-electron chi connectivity index (χ2n) is 5.08. The van der Waals surface area contributed by atoms with Crippen LogP contribution in [0, 0.1) is 5.92 Å². The molecule has 0 aromatic heterocycles. The number of carboxylic acids is 1. The Balaban J connectivity index is 2.16. The Bertz CT molecular complexity index is 518. The lowest BCUT2D eigenvalue weighted by molar-refractivity contribution is -0.148. The zero-order chi connectivity index (χ0) is 14.7. The first-order valence-corrected chi connectivity index (χ1v) is 6.51. The second-order valence-corrected chi connectivity index (χ2v) is 5.08. The molecule has 1 saturated heterocycles. The van der Waals surface area contributed by atoms with Crippen LogP contribution in [0.15, 0.2) is 24.3 Å². The molecule has 1 aliphatic rings. The van der Waals surface area contributed by atoms with E-state index in [9.17, 15) is 19.8 Å². The van der Waals surface area contributed by atoms with E-state index in [4.69, 9.17) is 5.73 Å². The Hall–Kier alpha value is -2.08. The SMILES string of the molecule is NCC1CC(=O)N(C(Cc2cccc(O)c2)C(=O)O)C1. The number of carboxylic acid groups (broad SMARTS) is 1. The molecule has 1 aliphatic heterocycles. The molecule has 1 heterocycles. The lowest BCUT2D eigenvalue weighted by Gasteiger charge is -2.24. The number of amides is 1. The molecule has 0 radical (unpaired) electrons. The zero-order valence-electron chi connectivity index (χ0n) is 11.0. The molecule has 1 amide bonds.